The van der Waals surface area contributed by atoms with Gasteiger partial charge in [-0.05, 0) is 19.1 Å². The van der Waals surface area contributed by atoms with E-state index in [4.69, 9.17) is 0 Å². The van der Waals surface area contributed by atoms with Gasteiger partial charge in [-0.2, -0.15) is 4.99 Å². The highest BCUT2D eigenvalue weighted by molar-refractivity contribution is 5.40. The molecule has 0 atom stereocenters. The number of isocyanates is 1. The molecule has 0 saturated carbocycles. The van der Waals surface area contributed by atoms with Crippen molar-refractivity contribution >= 4 is 6.08 Å². The van der Waals surface area contributed by atoms with Gasteiger partial charge in [0.2, 0.25) is 6.08 Å². The third-order valence-corrected chi connectivity index (χ3v) is 0.843. The molecule has 0 aliphatic heterocycles. The molecule has 0 spiro atoms. The lowest BCUT2D eigenvalue weighted by molar-refractivity contribution is 0.565. The van der Waals surface area contributed by atoms with E-state index in [1.807, 2.05) is 13.0 Å². The molecule has 0 aromatic rings. The molecule has 2 heteroatoms. The van der Waals surface area contributed by atoms with Crippen LogP contribution in [0.25, 0.3) is 0 Å². The Morgan fingerprint density at radius 1 is 1.70 bits per heavy atom. The first-order valence-corrected chi connectivity index (χ1v) is 2.88. The second-order valence-electron chi connectivity index (χ2n) is 1.52. The van der Waals surface area contributed by atoms with Crippen LogP contribution in [-0.2, 0) is 4.79 Å². The van der Waals surface area contributed by atoms with Crippen molar-refractivity contribution < 1.29 is 4.79 Å². The number of hydrogen-bond donors (Lipinski definition) is 0. The topological polar surface area (TPSA) is 29.4 Å². The highest BCUT2D eigenvalue weighted by Crippen LogP contribution is 1.95. The number of hydrogen-bond acceptors (Lipinski definition) is 2. The zero-order chi connectivity index (χ0) is 7.82. The summed E-state index contributed by atoms with van der Waals surface area (Å²) in [5.41, 5.74) is 0.521. The maximum Gasteiger partial charge on any atom is 0.240 e. The molecule has 0 radical (unpaired) electrons. The number of allylic oxidation sites excluding steroid dienone is 4. The van der Waals surface area contributed by atoms with Crippen LogP contribution in [0.5, 0.6) is 0 Å². The second kappa shape index (κ2) is 5.73. The predicted molar refractivity (Wildman–Crippen MR) is 41.2 cm³/mol. The average Bonchev–Trinajstić information content (AvgIpc) is 1.98. The van der Waals surface area contributed by atoms with E-state index in [0.717, 1.165) is 0 Å². The van der Waals surface area contributed by atoms with Crippen LogP contribution in [0, 0.1) is 0 Å². The van der Waals surface area contributed by atoms with E-state index >= 15 is 0 Å². The molecule has 0 rings (SSSR count). The Bertz CT molecular complexity index is 207. The van der Waals surface area contributed by atoms with E-state index in [1.165, 1.54) is 12.2 Å². The third-order valence-electron chi connectivity index (χ3n) is 0.843. The molecule has 0 unspecified atom stereocenters. The van der Waals surface area contributed by atoms with Crippen molar-refractivity contribution in [1.82, 2.24) is 0 Å². The Morgan fingerprint density at radius 3 is 2.80 bits per heavy atom. The van der Waals surface area contributed by atoms with E-state index in [9.17, 15) is 4.79 Å². The Hall–Kier alpha value is -1.40. The van der Waals surface area contributed by atoms with Crippen LogP contribution in [0.1, 0.15) is 6.92 Å². The van der Waals surface area contributed by atoms with Crippen LogP contribution in [0.3, 0.4) is 0 Å². The van der Waals surface area contributed by atoms with Crippen LogP contribution < -0.4 is 0 Å². The monoisotopic (exact) mass is 135 g/mol. The molecule has 0 aliphatic carbocycles. The molecule has 0 heterocycles. The second-order valence-corrected chi connectivity index (χ2v) is 1.52. The van der Waals surface area contributed by atoms with Crippen LogP contribution in [0.4, 0.5) is 0 Å². The smallest absolute Gasteiger partial charge is 0.211 e. The molecule has 0 aromatic heterocycles. The minimum Gasteiger partial charge on any atom is -0.211 e. The van der Waals surface area contributed by atoms with Crippen molar-refractivity contribution in [2.75, 3.05) is 0 Å². The van der Waals surface area contributed by atoms with E-state index in [1.54, 1.807) is 12.2 Å². The molecule has 52 valence electrons. The first kappa shape index (κ1) is 8.60. The molecular formula is C8H9NO. The summed E-state index contributed by atoms with van der Waals surface area (Å²) in [7, 11) is 0. The fourth-order valence-electron chi connectivity index (χ4n) is 0.398. The Labute approximate surface area is 60.3 Å². The molecule has 0 amide bonds. The van der Waals surface area contributed by atoms with Gasteiger partial charge in [0, 0.05) is 0 Å². The highest BCUT2D eigenvalue weighted by atomic mass is 16.1. The molecule has 0 saturated heterocycles. The average molecular weight is 135 g/mol. The quantitative estimate of drug-likeness (QED) is 0.330. The summed E-state index contributed by atoms with van der Waals surface area (Å²) >= 11 is 0. The third kappa shape index (κ3) is 3.58. The van der Waals surface area contributed by atoms with Gasteiger partial charge in [-0.1, -0.05) is 18.7 Å². The van der Waals surface area contributed by atoms with Gasteiger partial charge in [0.05, 0.1) is 5.70 Å². The highest BCUT2D eigenvalue weighted by Gasteiger charge is 1.79. The molecule has 0 fully saturated rings. The number of rotatable bonds is 3. The normalized spacial score (nSPS) is 11.1. The fraction of sp³-hybridized carbons (Fsp3) is 0.125. The zero-order valence-electron chi connectivity index (χ0n) is 5.87. The minimum atomic E-state index is 0.521. The number of carbonyl (C=O) groups excluding carboxylic acids is 1. The fourth-order valence-corrected chi connectivity index (χ4v) is 0.398. The van der Waals surface area contributed by atoms with E-state index in [2.05, 4.69) is 11.6 Å². The zero-order valence-corrected chi connectivity index (χ0v) is 5.87. The van der Waals surface area contributed by atoms with E-state index in [0.29, 0.717) is 5.70 Å². The number of nitrogens with zero attached hydrogens (tertiary/aromatic N) is 1. The Morgan fingerprint density at radius 2 is 2.40 bits per heavy atom. The SMILES string of the molecule is C=C/C(=C\C=C/C)N=C=O. The first-order valence-electron chi connectivity index (χ1n) is 2.88. The van der Waals surface area contributed by atoms with Gasteiger partial charge in [-0.15, -0.1) is 0 Å². The standard InChI is InChI=1S/C8H9NO/c1-3-5-6-8(4-2)9-7-10/h3-6H,2H2,1H3/b5-3-,8-6+. The minimum absolute atomic E-state index is 0.521. The first-order chi connectivity index (χ1) is 4.85. The molecule has 0 aromatic carbocycles. The summed E-state index contributed by atoms with van der Waals surface area (Å²) in [5, 5.41) is 0. The summed E-state index contributed by atoms with van der Waals surface area (Å²) in [4.78, 5) is 13.1. The molecule has 2 nitrogen and oxygen atoms in total. The summed E-state index contributed by atoms with van der Waals surface area (Å²) < 4.78 is 0. The molecule has 0 aliphatic rings. The van der Waals surface area contributed by atoms with Crippen LogP contribution >= 0.6 is 0 Å². The lowest BCUT2D eigenvalue weighted by Crippen LogP contribution is -1.66. The van der Waals surface area contributed by atoms with E-state index < -0.39 is 0 Å². The predicted octanol–water partition coefficient (Wildman–Crippen LogP) is 1.97. The summed E-state index contributed by atoms with van der Waals surface area (Å²) in [6, 6.07) is 0. The van der Waals surface area contributed by atoms with Crippen molar-refractivity contribution in [1.29, 1.82) is 0 Å². The molecule has 10 heavy (non-hydrogen) atoms. The van der Waals surface area contributed by atoms with Gasteiger partial charge in [-0.25, -0.2) is 4.79 Å². The largest absolute Gasteiger partial charge is 0.240 e. The summed E-state index contributed by atoms with van der Waals surface area (Å²) in [5.74, 6) is 0. The summed E-state index contributed by atoms with van der Waals surface area (Å²) in [6.07, 6.45) is 8.21. The van der Waals surface area contributed by atoms with Gasteiger partial charge >= 0.3 is 0 Å². The van der Waals surface area contributed by atoms with Crippen molar-refractivity contribution in [3.8, 4) is 0 Å². The van der Waals surface area contributed by atoms with Gasteiger partial charge in [0.1, 0.15) is 0 Å². The van der Waals surface area contributed by atoms with Crippen LogP contribution in [-0.4, -0.2) is 6.08 Å². The molecular weight excluding hydrogens is 126 g/mol. The van der Waals surface area contributed by atoms with Gasteiger partial charge in [-0.3, -0.25) is 0 Å². The number of aliphatic imine (C=N–C) groups is 1. The van der Waals surface area contributed by atoms with Gasteiger partial charge in [0.25, 0.3) is 0 Å². The lowest BCUT2D eigenvalue weighted by Gasteiger charge is -1.82. The van der Waals surface area contributed by atoms with Crippen molar-refractivity contribution in [2.45, 2.75) is 6.92 Å². The van der Waals surface area contributed by atoms with E-state index in [-0.39, 0.29) is 0 Å². The van der Waals surface area contributed by atoms with Crippen LogP contribution in [0.2, 0.25) is 0 Å². The van der Waals surface area contributed by atoms with Gasteiger partial charge in [0.15, 0.2) is 0 Å². The van der Waals surface area contributed by atoms with Gasteiger partial charge < -0.3 is 0 Å². The van der Waals surface area contributed by atoms with Crippen LogP contribution in [0.15, 0.2) is 41.6 Å². The Kier molecular flexibility index (Phi) is 4.93. The maximum absolute atomic E-state index is 9.73. The van der Waals surface area contributed by atoms with Crippen molar-refractivity contribution in [2.24, 2.45) is 4.99 Å². The maximum atomic E-state index is 9.73. The van der Waals surface area contributed by atoms with Crippen molar-refractivity contribution in [3.05, 3.63) is 36.6 Å². The lowest BCUT2D eigenvalue weighted by atomic mass is 10.4. The Balaban J connectivity index is 4.32. The summed E-state index contributed by atoms with van der Waals surface area (Å²) in [6.45, 7) is 5.33. The molecule has 0 bridgehead atoms. The van der Waals surface area contributed by atoms with Crippen molar-refractivity contribution in [3.63, 3.8) is 0 Å². The molecule has 0 N–H and O–H groups in total.